The molecular formula is C23H25N3O5. The third-order valence-corrected chi connectivity index (χ3v) is 4.49. The maximum Gasteiger partial charge on any atom is 0.327 e. The first-order valence-electron chi connectivity index (χ1n) is 10.1. The highest BCUT2D eigenvalue weighted by molar-refractivity contribution is 6.01. The smallest absolute Gasteiger partial charge is 0.327 e. The molecule has 0 saturated heterocycles. The van der Waals surface area contributed by atoms with Crippen LogP contribution in [0.15, 0.2) is 59.0 Å². The quantitative estimate of drug-likeness (QED) is 0.511. The van der Waals surface area contributed by atoms with Crippen molar-refractivity contribution in [3.05, 3.63) is 60.4 Å². The molecule has 2 N–H and O–H groups in total. The first-order valence-corrected chi connectivity index (χ1v) is 10.1. The minimum atomic E-state index is -0.879. The fraction of sp³-hybridized carbons (Fsp3) is 0.261. The molecule has 0 saturated carbocycles. The van der Waals surface area contributed by atoms with Gasteiger partial charge in [-0.1, -0.05) is 6.07 Å². The number of hydrogen-bond acceptors (Lipinski definition) is 5. The van der Waals surface area contributed by atoms with Gasteiger partial charge in [-0.15, -0.1) is 0 Å². The van der Waals surface area contributed by atoms with Crippen LogP contribution in [0.4, 0.5) is 16.3 Å². The van der Waals surface area contributed by atoms with Crippen molar-refractivity contribution in [3.63, 3.8) is 0 Å². The zero-order valence-corrected chi connectivity index (χ0v) is 17.5. The lowest BCUT2D eigenvalue weighted by Gasteiger charge is -2.21. The summed E-state index contributed by atoms with van der Waals surface area (Å²) in [6.07, 6.45) is 0.302. The van der Waals surface area contributed by atoms with Gasteiger partial charge in [-0.2, -0.15) is 0 Å². The van der Waals surface area contributed by atoms with Gasteiger partial charge in [-0.05, 0) is 62.4 Å². The lowest BCUT2D eigenvalue weighted by Crippen LogP contribution is -2.35. The second-order valence-corrected chi connectivity index (χ2v) is 6.67. The Morgan fingerprint density at radius 3 is 2.55 bits per heavy atom. The van der Waals surface area contributed by atoms with Crippen molar-refractivity contribution in [2.45, 2.75) is 26.7 Å². The predicted octanol–water partition coefficient (Wildman–Crippen LogP) is 4.82. The molecule has 3 aromatic rings. The third-order valence-electron chi connectivity index (χ3n) is 4.49. The number of carbonyl (C=O) groups is 2. The van der Waals surface area contributed by atoms with Gasteiger partial charge in [0.15, 0.2) is 5.76 Å². The average Bonchev–Trinajstić information content (AvgIpc) is 3.24. The van der Waals surface area contributed by atoms with Crippen molar-refractivity contribution < 1.29 is 23.8 Å². The Morgan fingerprint density at radius 2 is 1.87 bits per heavy atom. The van der Waals surface area contributed by atoms with Crippen molar-refractivity contribution >= 4 is 23.5 Å². The number of pyridine rings is 1. The monoisotopic (exact) mass is 423 g/mol. The molecule has 8 heteroatoms. The van der Waals surface area contributed by atoms with Gasteiger partial charge in [0.1, 0.15) is 23.0 Å². The lowest BCUT2D eigenvalue weighted by atomic mass is 10.2. The molecule has 0 atom stereocenters. The number of ether oxygens (including phenoxy) is 1. The number of anilines is 2. The molecule has 2 amide bonds. The molecule has 31 heavy (non-hydrogen) atoms. The Balaban J connectivity index is 1.73. The molecule has 2 aromatic heterocycles. The van der Waals surface area contributed by atoms with Gasteiger partial charge in [-0.25, -0.2) is 9.78 Å². The van der Waals surface area contributed by atoms with Crippen LogP contribution in [-0.2, 0) is 11.2 Å². The second-order valence-electron chi connectivity index (χ2n) is 6.67. The van der Waals surface area contributed by atoms with Gasteiger partial charge < -0.3 is 19.6 Å². The summed E-state index contributed by atoms with van der Waals surface area (Å²) < 4.78 is 11.1. The van der Waals surface area contributed by atoms with Gasteiger partial charge in [0.25, 0.3) is 0 Å². The molecule has 3 rings (SSSR count). The number of nitrogens with one attached hydrogen (secondary N) is 1. The Labute approximate surface area is 180 Å². The molecule has 0 spiro atoms. The third kappa shape index (κ3) is 5.85. The Hall–Kier alpha value is -3.81. The van der Waals surface area contributed by atoms with E-state index in [2.05, 4.69) is 10.3 Å². The summed E-state index contributed by atoms with van der Waals surface area (Å²) in [5.41, 5.74) is 1.21. The standard InChI is InChI=1S/C23H25N3O5/c1-3-26(23(29)24-16-8-10-17(11-9-16)30-4-2)21-7-5-6-19(25-21)20-14-12-18(31-20)13-15-22(27)28/h5-12,14H,3-4,13,15H2,1-2H3,(H,24,29)(H,27,28). The number of nitrogens with zero attached hydrogens (tertiary/aromatic N) is 2. The first kappa shape index (κ1) is 21.9. The highest BCUT2D eigenvalue weighted by atomic mass is 16.5. The molecule has 0 aliphatic carbocycles. The number of furan rings is 1. The summed E-state index contributed by atoms with van der Waals surface area (Å²) in [6.45, 7) is 4.77. The van der Waals surface area contributed by atoms with E-state index in [0.29, 0.717) is 48.3 Å². The molecule has 0 aliphatic heterocycles. The first-order chi connectivity index (χ1) is 15.0. The molecule has 162 valence electrons. The highest BCUT2D eigenvalue weighted by Crippen LogP contribution is 2.24. The number of carboxylic acid groups (broad SMARTS) is 1. The highest BCUT2D eigenvalue weighted by Gasteiger charge is 2.17. The van der Waals surface area contributed by atoms with Gasteiger partial charge in [0, 0.05) is 18.7 Å². The second kappa shape index (κ2) is 10.3. The van der Waals surface area contributed by atoms with E-state index in [-0.39, 0.29) is 12.5 Å². The molecule has 0 aliphatic rings. The molecule has 0 bridgehead atoms. The fourth-order valence-corrected chi connectivity index (χ4v) is 2.99. The van der Waals surface area contributed by atoms with Crippen LogP contribution in [0.5, 0.6) is 5.75 Å². The normalized spacial score (nSPS) is 10.5. The van der Waals surface area contributed by atoms with Crippen LogP contribution < -0.4 is 15.0 Å². The minimum absolute atomic E-state index is 0.00421. The van der Waals surface area contributed by atoms with Crippen LogP contribution in [-0.4, -0.2) is 35.2 Å². The van der Waals surface area contributed by atoms with Crippen LogP contribution in [0.1, 0.15) is 26.0 Å². The number of aryl methyl sites for hydroxylation is 1. The van der Waals surface area contributed by atoms with Gasteiger partial charge in [-0.3, -0.25) is 9.69 Å². The van der Waals surface area contributed by atoms with Crippen LogP contribution in [0.2, 0.25) is 0 Å². The largest absolute Gasteiger partial charge is 0.494 e. The van der Waals surface area contributed by atoms with E-state index in [1.807, 2.05) is 13.8 Å². The summed E-state index contributed by atoms with van der Waals surface area (Å²) in [5, 5.41) is 11.7. The van der Waals surface area contributed by atoms with Crippen LogP contribution >= 0.6 is 0 Å². The Bertz CT molecular complexity index is 1030. The number of carbonyl (C=O) groups excluding carboxylic acids is 1. The Kier molecular flexibility index (Phi) is 7.26. The molecule has 0 radical (unpaired) electrons. The van der Waals surface area contributed by atoms with E-state index in [9.17, 15) is 9.59 Å². The molecule has 2 heterocycles. The van der Waals surface area contributed by atoms with Crippen LogP contribution in [0.25, 0.3) is 11.5 Å². The van der Waals surface area contributed by atoms with Crippen molar-refractivity contribution in [2.24, 2.45) is 0 Å². The zero-order valence-electron chi connectivity index (χ0n) is 17.5. The summed E-state index contributed by atoms with van der Waals surface area (Å²) in [7, 11) is 0. The van der Waals surface area contributed by atoms with Crippen LogP contribution in [0.3, 0.4) is 0 Å². The number of benzene rings is 1. The summed E-state index contributed by atoms with van der Waals surface area (Å²) in [4.78, 5) is 29.6. The predicted molar refractivity (Wildman–Crippen MR) is 118 cm³/mol. The fourth-order valence-electron chi connectivity index (χ4n) is 2.99. The van der Waals surface area contributed by atoms with Gasteiger partial charge >= 0.3 is 12.0 Å². The van der Waals surface area contributed by atoms with E-state index in [4.69, 9.17) is 14.3 Å². The Morgan fingerprint density at radius 1 is 1.10 bits per heavy atom. The van der Waals surface area contributed by atoms with E-state index < -0.39 is 5.97 Å². The average molecular weight is 423 g/mol. The maximum absolute atomic E-state index is 12.8. The molecular weight excluding hydrogens is 398 g/mol. The van der Waals surface area contributed by atoms with Crippen molar-refractivity contribution in [2.75, 3.05) is 23.4 Å². The van der Waals surface area contributed by atoms with Crippen molar-refractivity contribution in [1.82, 2.24) is 4.98 Å². The van der Waals surface area contributed by atoms with E-state index in [0.717, 1.165) is 5.75 Å². The van der Waals surface area contributed by atoms with Gasteiger partial charge in [0.05, 0.1) is 13.0 Å². The lowest BCUT2D eigenvalue weighted by molar-refractivity contribution is -0.137. The van der Waals surface area contributed by atoms with E-state index in [1.54, 1.807) is 54.6 Å². The minimum Gasteiger partial charge on any atom is -0.494 e. The number of carboxylic acids is 1. The molecule has 8 nitrogen and oxygen atoms in total. The maximum atomic E-state index is 12.8. The summed E-state index contributed by atoms with van der Waals surface area (Å²) >= 11 is 0. The number of amides is 2. The zero-order chi connectivity index (χ0) is 22.2. The van der Waals surface area contributed by atoms with Crippen molar-refractivity contribution in [3.8, 4) is 17.2 Å². The molecule has 0 unspecified atom stereocenters. The summed E-state index contributed by atoms with van der Waals surface area (Å²) in [5.74, 6) is 1.43. The van der Waals surface area contributed by atoms with E-state index >= 15 is 0 Å². The van der Waals surface area contributed by atoms with Crippen molar-refractivity contribution in [1.29, 1.82) is 0 Å². The number of rotatable bonds is 9. The number of urea groups is 1. The molecule has 0 fully saturated rings. The molecule has 1 aromatic carbocycles. The van der Waals surface area contributed by atoms with E-state index in [1.165, 1.54) is 4.90 Å². The van der Waals surface area contributed by atoms with Gasteiger partial charge in [0.2, 0.25) is 0 Å². The number of aliphatic carboxylic acids is 1. The topological polar surface area (TPSA) is 105 Å². The number of hydrogen-bond donors (Lipinski definition) is 2. The SMILES string of the molecule is CCOc1ccc(NC(=O)N(CC)c2cccc(-c3ccc(CCC(=O)O)o3)n2)cc1. The number of aromatic nitrogens is 1. The van der Waals surface area contributed by atoms with Crippen LogP contribution in [0, 0.1) is 0 Å². The summed E-state index contributed by atoms with van der Waals surface area (Å²) in [6, 6.07) is 15.7.